The molecule has 0 radical (unpaired) electrons. The number of aryl methyl sites for hydroxylation is 1. The number of hydrogen-bond acceptors (Lipinski definition) is 4. The van der Waals surface area contributed by atoms with Gasteiger partial charge in [0.05, 0.1) is 18.2 Å². The zero-order chi connectivity index (χ0) is 14.9. The lowest BCUT2D eigenvalue weighted by Gasteiger charge is -2.27. The molecule has 0 aromatic carbocycles. The van der Waals surface area contributed by atoms with Crippen LogP contribution < -0.4 is 10.6 Å². The van der Waals surface area contributed by atoms with Crippen molar-refractivity contribution in [3.8, 4) is 0 Å². The van der Waals surface area contributed by atoms with Crippen molar-refractivity contribution >= 4 is 39.3 Å². The van der Waals surface area contributed by atoms with Crippen LogP contribution in [0.5, 0.6) is 0 Å². The molecule has 0 aliphatic carbocycles. The summed E-state index contributed by atoms with van der Waals surface area (Å²) in [7, 11) is 0. The summed E-state index contributed by atoms with van der Waals surface area (Å²) in [6.45, 7) is 5.72. The smallest absolute Gasteiger partial charge is 0.338 e. The van der Waals surface area contributed by atoms with Gasteiger partial charge in [-0.1, -0.05) is 0 Å². The predicted molar refractivity (Wildman–Crippen MR) is 80.5 cm³/mol. The van der Waals surface area contributed by atoms with Crippen LogP contribution in [0.15, 0.2) is 21.8 Å². The minimum absolute atomic E-state index is 0.295. The minimum Gasteiger partial charge on any atom is -0.463 e. The second kappa shape index (κ2) is 5.97. The molecule has 1 unspecified atom stereocenters. The van der Waals surface area contributed by atoms with Crippen LogP contribution in [0.1, 0.15) is 29.6 Å². The molecule has 1 atom stereocenters. The normalized spacial score (nSPS) is 18.6. The van der Waals surface area contributed by atoms with Crippen LogP contribution in [0.2, 0.25) is 0 Å². The molecule has 1 aromatic rings. The Labute approximate surface area is 129 Å². The van der Waals surface area contributed by atoms with Gasteiger partial charge in [-0.3, -0.25) is 0 Å². The van der Waals surface area contributed by atoms with Gasteiger partial charge < -0.3 is 15.4 Å². The van der Waals surface area contributed by atoms with E-state index in [4.69, 9.17) is 4.74 Å². The summed E-state index contributed by atoms with van der Waals surface area (Å²) in [5.41, 5.74) is 0.972. The fourth-order valence-corrected chi connectivity index (χ4v) is 3.63. The Morgan fingerprint density at radius 3 is 2.75 bits per heavy atom. The number of nitrogens with one attached hydrogen (secondary N) is 2. The van der Waals surface area contributed by atoms with Gasteiger partial charge in [-0.15, -0.1) is 11.3 Å². The van der Waals surface area contributed by atoms with Gasteiger partial charge >= 0.3 is 12.0 Å². The van der Waals surface area contributed by atoms with E-state index >= 15 is 0 Å². The van der Waals surface area contributed by atoms with Gasteiger partial charge in [-0.05, 0) is 42.8 Å². The second-order valence-electron chi connectivity index (χ2n) is 4.34. The van der Waals surface area contributed by atoms with E-state index in [0.717, 1.165) is 14.2 Å². The number of urea groups is 1. The Bertz CT molecular complexity index is 575. The predicted octanol–water partition coefficient (Wildman–Crippen LogP) is 3.01. The third kappa shape index (κ3) is 2.88. The van der Waals surface area contributed by atoms with Crippen LogP contribution in [0.4, 0.5) is 4.79 Å². The Morgan fingerprint density at radius 2 is 2.20 bits per heavy atom. The van der Waals surface area contributed by atoms with Gasteiger partial charge in [-0.2, -0.15) is 0 Å². The summed E-state index contributed by atoms with van der Waals surface area (Å²) in [5, 5.41) is 5.39. The third-order valence-electron chi connectivity index (χ3n) is 2.93. The summed E-state index contributed by atoms with van der Waals surface area (Å²) in [4.78, 5) is 25.8. The molecule has 1 aliphatic rings. The molecule has 2 heterocycles. The number of esters is 1. The van der Waals surface area contributed by atoms with Crippen molar-refractivity contribution in [2.24, 2.45) is 0 Å². The first-order chi connectivity index (χ1) is 9.43. The summed E-state index contributed by atoms with van der Waals surface area (Å²) in [6.07, 6.45) is 0. The van der Waals surface area contributed by atoms with Gasteiger partial charge in [0.1, 0.15) is 0 Å². The number of carbonyl (C=O) groups is 2. The highest BCUT2D eigenvalue weighted by Crippen LogP contribution is 2.36. The van der Waals surface area contributed by atoms with Gasteiger partial charge in [0.15, 0.2) is 0 Å². The monoisotopic (exact) mass is 358 g/mol. The number of allylic oxidation sites excluding steroid dienone is 1. The minimum atomic E-state index is -0.474. The van der Waals surface area contributed by atoms with E-state index in [1.54, 1.807) is 13.8 Å². The molecule has 0 saturated heterocycles. The van der Waals surface area contributed by atoms with E-state index in [1.807, 2.05) is 13.0 Å². The van der Waals surface area contributed by atoms with Crippen LogP contribution in [0, 0.1) is 6.92 Å². The maximum absolute atomic E-state index is 12.1. The van der Waals surface area contributed by atoms with Gasteiger partial charge in [0.25, 0.3) is 0 Å². The average Bonchev–Trinajstić information content (AvgIpc) is 2.68. The van der Waals surface area contributed by atoms with Crippen LogP contribution >= 0.6 is 27.3 Å². The fraction of sp³-hybridized carbons (Fsp3) is 0.385. The molecule has 7 heteroatoms. The fourth-order valence-electron chi connectivity index (χ4n) is 2.01. The van der Waals surface area contributed by atoms with Gasteiger partial charge in [-0.25, -0.2) is 9.59 Å². The van der Waals surface area contributed by atoms with Crippen molar-refractivity contribution in [3.63, 3.8) is 0 Å². The molecule has 2 amide bonds. The lowest BCUT2D eigenvalue weighted by Crippen LogP contribution is -2.45. The number of ether oxygens (including phenoxy) is 1. The van der Waals surface area contributed by atoms with Crippen LogP contribution in [-0.2, 0) is 9.53 Å². The van der Waals surface area contributed by atoms with E-state index in [1.165, 1.54) is 11.3 Å². The molecule has 0 bridgehead atoms. The number of amides is 2. The lowest BCUT2D eigenvalue weighted by molar-refractivity contribution is -0.139. The van der Waals surface area contributed by atoms with E-state index in [0.29, 0.717) is 17.9 Å². The van der Waals surface area contributed by atoms with Crippen molar-refractivity contribution in [2.45, 2.75) is 26.8 Å². The van der Waals surface area contributed by atoms with Crippen molar-refractivity contribution in [1.82, 2.24) is 10.6 Å². The third-order valence-corrected chi connectivity index (χ3v) is 5.13. The Morgan fingerprint density at radius 1 is 1.50 bits per heavy atom. The standard InChI is InChI=1S/C13H15BrN2O3S/c1-4-19-12(17)10-6(2)15-13(18)16-11(10)9-5-8(14)7(3)20-9/h5,11H,4H2,1-3H3,(H2,15,16,18). The summed E-state index contributed by atoms with van der Waals surface area (Å²) < 4.78 is 6.04. The molecule has 108 valence electrons. The molecule has 2 N–H and O–H groups in total. The number of rotatable bonds is 3. The number of halogens is 1. The molecule has 1 aromatic heterocycles. The SMILES string of the molecule is CCOC(=O)C1=C(C)NC(=O)NC1c1cc(Br)c(C)s1. The molecule has 1 aliphatic heterocycles. The zero-order valence-corrected chi connectivity index (χ0v) is 13.8. The molecule has 0 saturated carbocycles. The first-order valence-corrected chi connectivity index (χ1v) is 7.76. The van der Waals surface area contributed by atoms with Crippen molar-refractivity contribution in [1.29, 1.82) is 0 Å². The van der Waals surface area contributed by atoms with Crippen LogP contribution in [-0.4, -0.2) is 18.6 Å². The molecule has 20 heavy (non-hydrogen) atoms. The van der Waals surface area contributed by atoms with Gasteiger partial charge in [0, 0.05) is 19.9 Å². The lowest BCUT2D eigenvalue weighted by atomic mass is 10.0. The number of thiophene rings is 1. The van der Waals surface area contributed by atoms with Crippen LogP contribution in [0.3, 0.4) is 0 Å². The largest absolute Gasteiger partial charge is 0.463 e. The van der Waals surface area contributed by atoms with Crippen molar-refractivity contribution < 1.29 is 14.3 Å². The highest BCUT2D eigenvalue weighted by molar-refractivity contribution is 9.10. The highest BCUT2D eigenvalue weighted by Gasteiger charge is 2.33. The molecular formula is C13H15BrN2O3S. The molecule has 5 nitrogen and oxygen atoms in total. The zero-order valence-electron chi connectivity index (χ0n) is 11.4. The van der Waals surface area contributed by atoms with E-state index in [2.05, 4.69) is 26.6 Å². The summed E-state index contributed by atoms with van der Waals surface area (Å²) >= 11 is 4.98. The molecule has 0 spiro atoms. The molecule has 0 fully saturated rings. The summed E-state index contributed by atoms with van der Waals surface area (Å²) in [5.74, 6) is -0.412. The average molecular weight is 359 g/mol. The first-order valence-electron chi connectivity index (χ1n) is 6.15. The highest BCUT2D eigenvalue weighted by atomic mass is 79.9. The second-order valence-corrected chi connectivity index (χ2v) is 6.49. The topological polar surface area (TPSA) is 67.4 Å². The van der Waals surface area contributed by atoms with Crippen molar-refractivity contribution in [2.75, 3.05) is 6.61 Å². The van der Waals surface area contributed by atoms with E-state index < -0.39 is 12.0 Å². The number of hydrogen-bond donors (Lipinski definition) is 2. The van der Waals surface area contributed by atoms with E-state index in [9.17, 15) is 9.59 Å². The maximum atomic E-state index is 12.1. The maximum Gasteiger partial charge on any atom is 0.338 e. The Hall–Kier alpha value is -1.34. The quantitative estimate of drug-likeness (QED) is 0.816. The molecular weight excluding hydrogens is 344 g/mol. The van der Waals surface area contributed by atoms with Crippen molar-refractivity contribution in [3.05, 3.63) is 31.6 Å². The summed E-state index contributed by atoms with van der Waals surface area (Å²) in [6, 6.07) is 1.13. The molecule has 2 rings (SSSR count). The van der Waals surface area contributed by atoms with E-state index in [-0.39, 0.29) is 6.03 Å². The Kier molecular flexibility index (Phi) is 4.49. The van der Waals surface area contributed by atoms with Gasteiger partial charge in [0.2, 0.25) is 0 Å². The first kappa shape index (κ1) is 15.1. The van der Waals surface area contributed by atoms with Crippen LogP contribution in [0.25, 0.3) is 0 Å². The Balaban J connectivity index is 2.44. The number of carbonyl (C=O) groups excluding carboxylic acids is 2.